The van der Waals surface area contributed by atoms with Gasteiger partial charge >= 0.3 is 5.97 Å². The van der Waals surface area contributed by atoms with Gasteiger partial charge in [-0.1, -0.05) is 29.3 Å². The second-order valence-corrected chi connectivity index (χ2v) is 5.75. The molecular weight excluding hydrogens is 322 g/mol. The largest absolute Gasteiger partial charge is 0.489 e. The van der Waals surface area contributed by atoms with Crippen molar-refractivity contribution >= 4 is 28.0 Å². The molecule has 0 amide bonds. The molecule has 2 rings (SSSR count). The van der Waals surface area contributed by atoms with Crippen LogP contribution in [0.15, 0.2) is 28.2 Å². The predicted octanol–water partition coefficient (Wildman–Crippen LogP) is 3.07. The van der Waals surface area contributed by atoms with Gasteiger partial charge in [-0.05, 0) is 36.3 Å². The molecular formula is C15H18BrNO3. The molecule has 1 aromatic rings. The maximum absolute atomic E-state index is 11.1. The Hall–Kier alpha value is -1.33. The maximum atomic E-state index is 11.1. The van der Waals surface area contributed by atoms with Crippen LogP contribution < -0.4 is 10.1 Å². The lowest BCUT2D eigenvalue weighted by Gasteiger charge is -2.20. The number of rotatable bonds is 6. The van der Waals surface area contributed by atoms with Crippen LogP contribution in [0.3, 0.4) is 0 Å². The zero-order valence-corrected chi connectivity index (χ0v) is 12.9. The Morgan fingerprint density at radius 3 is 3.05 bits per heavy atom. The van der Waals surface area contributed by atoms with Crippen molar-refractivity contribution in [3.8, 4) is 5.75 Å². The summed E-state index contributed by atoms with van der Waals surface area (Å²) in [6, 6.07) is 5.37. The fraction of sp³-hybridized carbons (Fsp3) is 0.400. The molecule has 1 atom stereocenters. The third-order valence-electron chi connectivity index (χ3n) is 3.20. The van der Waals surface area contributed by atoms with E-state index in [1.165, 1.54) is 0 Å². The van der Waals surface area contributed by atoms with Crippen molar-refractivity contribution in [1.29, 1.82) is 0 Å². The first kappa shape index (κ1) is 15.1. The van der Waals surface area contributed by atoms with Crippen LogP contribution >= 0.6 is 15.9 Å². The number of ether oxygens (including phenoxy) is 1. The number of nitrogens with one attached hydrogen (secondary N) is 1. The quantitative estimate of drug-likeness (QED) is 0.836. The summed E-state index contributed by atoms with van der Waals surface area (Å²) >= 11 is 3.43. The average molecular weight is 340 g/mol. The van der Waals surface area contributed by atoms with Gasteiger partial charge in [-0.25, -0.2) is 0 Å². The summed E-state index contributed by atoms with van der Waals surface area (Å²) in [5.74, 6) is 0.0626. The lowest BCUT2D eigenvalue weighted by Crippen LogP contribution is -2.38. The number of hydrogen-bond acceptors (Lipinski definition) is 3. The van der Waals surface area contributed by atoms with Crippen LogP contribution in [0.4, 0.5) is 0 Å². The molecule has 0 spiro atoms. The number of carbonyl (C=O) groups is 1. The Labute approximate surface area is 127 Å². The van der Waals surface area contributed by atoms with Gasteiger partial charge in [0, 0.05) is 16.6 Å². The van der Waals surface area contributed by atoms with E-state index in [1.807, 2.05) is 25.1 Å². The Morgan fingerprint density at radius 2 is 2.35 bits per heavy atom. The molecule has 1 aliphatic heterocycles. The van der Waals surface area contributed by atoms with Gasteiger partial charge in [0.25, 0.3) is 0 Å². The number of carboxylic acids is 1. The number of fused-ring (bicyclic) bond motifs is 1. The topological polar surface area (TPSA) is 58.6 Å². The minimum atomic E-state index is -0.799. The van der Waals surface area contributed by atoms with Crippen LogP contribution in [0.25, 0.3) is 6.08 Å². The summed E-state index contributed by atoms with van der Waals surface area (Å²) in [4.78, 5) is 11.1. The van der Waals surface area contributed by atoms with Gasteiger partial charge in [0.05, 0.1) is 0 Å². The van der Waals surface area contributed by atoms with Crippen molar-refractivity contribution in [2.75, 3.05) is 13.2 Å². The molecule has 2 N–H and O–H groups in total. The zero-order chi connectivity index (χ0) is 14.5. The van der Waals surface area contributed by atoms with Gasteiger partial charge < -0.3 is 15.2 Å². The predicted molar refractivity (Wildman–Crippen MR) is 81.9 cm³/mol. The van der Waals surface area contributed by atoms with Crippen LogP contribution in [0.5, 0.6) is 5.75 Å². The van der Waals surface area contributed by atoms with Crippen LogP contribution in [-0.2, 0) is 4.79 Å². The van der Waals surface area contributed by atoms with Crippen molar-refractivity contribution in [3.05, 3.63) is 33.8 Å². The summed E-state index contributed by atoms with van der Waals surface area (Å²) in [6.07, 6.45) is 3.53. The normalized spacial score (nSPS) is 15.0. The molecule has 1 unspecified atom stereocenters. The third kappa shape index (κ3) is 3.84. The molecule has 0 aliphatic carbocycles. The molecule has 1 aliphatic rings. The highest BCUT2D eigenvalue weighted by Gasteiger charge is 2.17. The Kier molecular flexibility index (Phi) is 5.20. The first-order chi connectivity index (χ1) is 9.60. The fourth-order valence-corrected chi connectivity index (χ4v) is 2.53. The minimum Gasteiger partial charge on any atom is -0.489 e. The van der Waals surface area contributed by atoms with Gasteiger partial charge in [-0.3, -0.25) is 4.79 Å². The van der Waals surface area contributed by atoms with Crippen molar-refractivity contribution in [2.45, 2.75) is 25.8 Å². The summed E-state index contributed by atoms with van der Waals surface area (Å²) in [6.45, 7) is 3.01. The number of hydrogen-bond donors (Lipinski definition) is 2. The molecule has 0 radical (unpaired) electrons. The maximum Gasteiger partial charge on any atom is 0.320 e. The van der Waals surface area contributed by atoms with Crippen molar-refractivity contribution in [3.63, 3.8) is 0 Å². The van der Waals surface area contributed by atoms with Crippen LogP contribution in [0.1, 0.15) is 25.3 Å². The molecule has 1 aromatic carbocycles. The SMILES string of the molecule is CCCC(NCC1=Cc2cc(Br)ccc2OC1)C(=O)O. The van der Waals surface area contributed by atoms with E-state index >= 15 is 0 Å². The van der Waals surface area contributed by atoms with E-state index < -0.39 is 12.0 Å². The minimum absolute atomic E-state index is 0.496. The molecule has 20 heavy (non-hydrogen) atoms. The van der Waals surface area contributed by atoms with Gasteiger partial charge in [0.1, 0.15) is 18.4 Å². The van der Waals surface area contributed by atoms with E-state index in [9.17, 15) is 4.79 Å². The molecule has 108 valence electrons. The van der Waals surface area contributed by atoms with Gasteiger partial charge in [-0.15, -0.1) is 0 Å². The van der Waals surface area contributed by atoms with Crippen LogP contribution in [0.2, 0.25) is 0 Å². The summed E-state index contributed by atoms with van der Waals surface area (Å²) < 4.78 is 6.67. The highest BCUT2D eigenvalue weighted by Crippen LogP contribution is 2.28. The van der Waals surface area contributed by atoms with Crippen LogP contribution in [-0.4, -0.2) is 30.3 Å². The molecule has 0 aromatic heterocycles. The first-order valence-electron chi connectivity index (χ1n) is 6.68. The second-order valence-electron chi connectivity index (χ2n) is 4.83. The molecule has 0 saturated heterocycles. The molecule has 1 heterocycles. The summed E-state index contributed by atoms with van der Waals surface area (Å²) in [5.41, 5.74) is 2.07. The van der Waals surface area contributed by atoms with Gasteiger partial charge in [-0.2, -0.15) is 0 Å². The van der Waals surface area contributed by atoms with Crippen molar-refractivity contribution in [2.24, 2.45) is 0 Å². The molecule has 0 fully saturated rings. The summed E-state index contributed by atoms with van der Waals surface area (Å²) in [7, 11) is 0. The lowest BCUT2D eigenvalue weighted by molar-refractivity contribution is -0.139. The van der Waals surface area contributed by atoms with E-state index in [4.69, 9.17) is 9.84 Å². The Morgan fingerprint density at radius 1 is 1.55 bits per heavy atom. The molecule has 5 heteroatoms. The number of halogens is 1. The Balaban J connectivity index is 2.02. The summed E-state index contributed by atoms with van der Waals surface area (Å²) in [5, 5.41) is 12.2. The zero-order valence-electron chi connectivity index (χ0n) is 11.4. The van der Waals surface area contributed by atoms with Crippen molar-refractivity contribution < 1.29 is 14.6 Å². The molecule has 4 nitrogen and oxygen atoms in total. The number of aliphatic carboxylic acids is 1. The average Bonchev–Trinajstić information content (AvgIpc) is 2.42. The van der Waals surface area contributed by atoms with Crippen LogP contribution in [0, 0.1) is 0 Å². The highest BCUT2D eigenvalue weighted by atomic mass is 79.9. The number of benzene rings is 1. The molecule has 0 saturated carbocycles. The Bertz CT molecular complexity index is 528. The second kappa shape index (κ2) is 6.90. The lowest BCUT2D eigenvalue weighted by atomic mass is 10.1. The van der Waals surface area contributed by atoms with E-state index in [1.54, 1.807) is 0 Å². The smallest absolute Gasteiger partial charge is 0.320 e. The fourth-order valence-electron chi connectivity index (χ4n) is 2.15. The van der Waals surface area contributed by atoms with Gasteiger partial charge in [0.15, 0.2) is 0 Å². The monoisotopic (exact) mass is 339 g/mol. The third-order valence-corrected chi connectivity index (χ3v) is 3.69. The van der Waals surface area contributed by atoms with E-state index in [-0.39, 0.29) is 0 Å². The highest BCUT2D eigenvalue weighted by molar-refractivity contribution is 9.10. The van der Waals surface area contributed by atoms with E-state index in [0.717, 1.165) is 27.8 Å². The van der Waals surface area contributed by atoms with Gasteiger partial charge in [0.2, 0.25) is 0 Å². The standard InChI is InChI=1S/C15H18BrNO3/c1-2-3-13(15(18)19)17-8-10-6-11-7-12(16)4-5-14(11)20-9-10/h4-7,13,17H,2-3,8-9H2,1H3,(H,18,19). The van der Waals surface area contributed by atoms with E-state index in [2.05, 4.69) is 27.3 Å². The van der Waals surface area contributed by atoms with Crippen molar-refractivity contribution in [1.82, 2.24) is 5.32 Å². The number of carboxylic acid groups (broad SMARTS) is 1. The first-order valence-corrected chi connectivity index (χ1v) is 7.47. The van der Waals surface area contributed by atoms with E-state index in [0.29, 0.717) is 19.6 Å². The molecule has 0 bridgehead atoms.